The van der Waals surface area contributed by atoms with Crippen LogP contribution in [0.1, 0.15) is 49.8 Å². The number of anilines is 1. The smallest absolute Gasteiger partial charge is 0.131 e. The van der Waals surface area contributed by atoms with Crippen molar-refractivity contribution in [3.05, 3.63) is 23.4 Å². The second-order valence-electron chi connectivity index (χ2n) is 6.56. The first-order valence-corrected chi connectivity index (χ1v) is 8.83. The van der Waals surface area contributed by atoms with Crippen LogP contribution in [0.25, 0.3) is 0 Å². The van der Waals surface area contributed by atoms with E-state index in [9.17, 15) is 0 Å². The lowest BCUT2D eigenvalue weighted by atomic mass is 10.0. The Morgan fingerprint density at radius 1 is 1.27 bits per heavy atom. The van der Waals surface area contributed by atoms with Gasteiger partial charge >= 0.3 is 0 Å². The third-order valence-corrected chi connectivity index (χ3v) is 4.93. The van der Waals surface area contributed by atoms with Crippen molar-refractivity contribution >= 4 is 5.82 Å². The summed E-state index contributed by atoms with van der Waals surface area (Å²) in [4.78, 5) is 9.81. The highest BCUT2D eigenvalue weighted by Gasteiger charge is 2.26. The molecule has 0 saturated carbocycles. The molecule has 0 radical (unpaired) electrons. The molecule has 3 rings (SSSR count). The van der Waals surface area contributed by atoms with Gasteiger partial charge in [0.2, 0.25) is 0 Å². The van der Waals surface area contributed by atoms with Crippen LogP contribution in [0, 0.1) is 6.92 Å². The summed E-state index contributed by atoms with van der Waals surface area (Å²) in [7, 11) is 0. The number of unbranched alkanes of at least 4 members (excludes halogenated alkanes) is 1. The molecule has 2 saturated heterocycles. The van der Waals surface area contributed by atoms with Gasteiger partial charge in [-0.15, -0.1) is 0 Å². The minimum Gasteiger partial charge on any atom is -0.378 e. The molecule has 1 aromatic rings. The molecule has 0 aliphatic carbocycles. The third-order valence-electron chi connectivity index (χ3n) is 4.93. The molecule has 2 aliphatic rings. The fourth-order valence-corrected chi connectivity index (χ4v) is 3.71. The van der Waals surface area contributed by atoms with Crippen LogP contribution in [0.2, 0.25) is 0 Å². The zero-order valence-electron chi connectivity index (χ0n) is 14.1. The maximum atomic E-state index is 5.44. The molecule has 1 atom stereocenters. The first-order valence-electron chi connectivity index (χ1n) is 8.83. The van der Waals surface area contributed by atoms with Crippen LogP contribution in [-0.2, 0) is 4.74 Å². The highest BCUT2D eigenvalue weighted by molar-refractivity contribution is 5.48. The summed E-state index contributed by atoms with van der Waals surface area (Å²) in [6.45, 7) is 10.5. The van der Waals surface area contributed by atoms with Crippen molar-refractivity contribution < 1.29 is 4.74 Å². The number of nitrogens with zero attached hydrogens (tertiary/aromatic N) is 3. The predicted molar refractivity (Wildman–Crippen MR) is 90.5 cm³/mol. The number of hydrogen-bond acceptors (Lipinski definition) is 4. The largest absolute Gasteiger partial charge is 0.378 e. The standard InChI is InChI=1S/C18H29N3O/c1-3-4-7-20-8-5-6-17(20)16-13-15(2)18(19-14-16)21-9-11-22-12-10-21/h13-14,17H,3-12H2,1-2H3/t17-/m0/s1. The van der Waals surface area contributed by atoms with Crippen molar-refractivity contribution in [1.29, 1.82) is 0 Å². The molecule has 4 nitrogen and oxygen atoms in total. The molecule has 2 fully saturated rings. The number of morpholine rings is 1. The van der Waals surface area contributed by atoms with Gasteiger partial charge in [-0.25, -0.2) is 4.98 Å². The van der Waals surface area contributed by atoms with Gasteiger partial charge in [-0.3, -0.25) is 4.90 Å². The Morgan fingerprint density at radius 3 is 2.82 bits per heavy atom. The normalized spacial score (nSPS) is 23.2. The maximum Gasteiger partial charge on any atom is 0.131 e. The molecule has 0 aromatic carbocycles. The van der Waals surface area contributed by atoms with E-state index in [1.165, 1.54) is 49.9 Å². The van der Waals surface area contributed by atoms with Crippen molar-refractivity contribution in [2.75, 3.05) is 44.3 Å². The molecule has 3 heterocycles. The number of rotatable bonds is 5. The Morgan fingerprint density at radius 2 is 2.09 bits per heavy atom. The Hall–Kier alpha value is -1.13. The number of aryl methyl sites for hydroxylation is 1. The third kappa shape index (κ3) is 3.44. The molecular formula is C18H29N3O. The van der Waals surface area contributed by atoms with Crippen LogP contribution in [0.3, 0.4) is 0 Å². The van der Waals surface area contributed by atoms with E-state index in [4.69, 9.17) is 9.72 Å². The van der Waals surface area contributed by atoms with Crippen molar-refractivity contribution in [1.82, 2.24) is 9.88 Å². The van der Waals surface area contributed by atoms with Gasteiger partial charge in [0.05, 0.1) is 13.2 Å². The van der Waals surface area contributed by atoms with Gasteiger partial charge < -0.3 is 9.64 Å². The fourth-order valence-electron chi connectivity index (χ4n) is 3.71. The summed E-state index contributed by atoms with van der Waals surface area (Å²) >= 11 is 0. The number of aromatic nitrogens is 1. The van der Waals surface area contributed by atoms with Gasteiger partial charge in [0.1, 0.15) is 5.82 Å². The monoisotopic (exact) mass is 303 g/mol. The second kappa shape index (κ2) is 7.42. The Balaban J connectivity index is 1.73. The predicted octanol–water partition coefficient (Wildman–Crippen LogP) is 3.16. The summed E-state index contributed by atoms with van der Waals surface area (Å²) in [5, 5.41) is 0. The molecule has 22 heavy (non-hydrogen) atoms. The van der Waals surface area contributed by atoms with Gasteiger partial charge in [-0.1, -0.05) is 13.3 Å². The molecule has 0 unspecified atom stereocenters. The second-order valence-corrected chi connectivity index (χ2v) is 6.56. The average Bonchev–Trinajstić information content (AvgIpc) is 3.02. The zero-order chi connectivity index (χ0) is 15.4. The van der Waals surface area contributed by atoms with Crippen LogP contribution >= 0.6 is 0 Å². The summed E-state index contributed by atoms with van der Waals surface area (Å²) in [5.41, 5.74) is 2.71. The Bertz CT molecular complexity index is 485. The molecular weight excluding hydrogens is 274 g/mol. The number of likely N-dealkylation sites (tertiary alicyclic amines) is 1. The Labute approximate surface area is 134 Å². The molecule has 122 valence electrons. The summed E-state index contributed by atoms with van der Waals surface area (Å²) in [5.74, 6) is 1.14. The van der Waals surface area contributed by atoms with Crippen molar-refractivity contribution in [2.45, 2.75) is 45.6 Å². The van der Waals surface area contributed by atoms with Gasteiger partial charge in [0.25, 0.3) is 0 Å². The number of hydrogen-bond donors (Lipinski definition) is 0. The van der Waals surface area contributed by atoms with Crippen molar-refractivity contribution in [2.24, 2.45) is 0 Å². The van der Waals surface area contributed by atoms with Crippen LogP contribution < -0.4 is 4.90 Å². The van der Waals surface area contributed by atoms with E-state index in [1.54, 1.807) is 0 Å². The summed E-state index contributed by atoms with van der Waals surface area (Å²) < 4.78 is 5.44. The summed E-state index contributed by atoms with van der Waals surface area (Å²) in [6.07, 6.45) is 7.29. The molecule has 0 amide bonds. The SMILES string of the molecule is CCCCN1CCC[C@H]1c1cnc(N2CCOCC2)c(C)c1. The van der Waals surface area contributed by atoms with E-state index in [2.05, 4.69) is 35.9 Å². The van der Waals surface area contributed by atoms with E-state index in [0.29, 0.717) is 6.04 Å². The average molecular weight is 303 g/mol. The first kappa shape index (κ1) is 15.8. The minimum atomic E-state index is 0.580. The van der Waals surface area contributed by atoms with E-state index in [1.807, 2.05) is 0 Å². The highest BCUT2D eigenvalue weighted by Crippen LogP contribution is 2.33. The lowest BCUT2D eigenvalue weighted by Gasteiger charge is -2.30. The first-order chi connectivity index (χ1) is 10.8. The molecule has 2 aliphatic heterocycles. The highest BCUT2D eigenvalue weighted by atomic mass is 16.5. The van der Waals surface area contributed by atoms with Gasteiger partial charge in [-0.05, 0) is 56.5 Å². The molecule has 0 spiro atoms. The van der Waals surface area contributed by atoms with E-state index < -0.39 is 0 Å². The molecule has 0 bridgehead atoms. The number of ether oxygens (including phenoxy) is 1. The van der Waals surface area contributed by atoms with Crippen molar-refractivity contribution in [3.8, 4) is 0 Å². The number of pyridine rings is 1. The van der Waals surface area contributed by atoms with Crippen LogP contribution in [-0.4, -0.2) is 49.3 Å². The minimum absolute atomic E-state index is 0.580. The van der Waals surface area contributed by atoms with Crippen LogP contribution in [0.15, 0.2) is 12.3 Å². The van der Waals surface area contributed by atoms with Crippen molar-refractivity contribution in [3.63, 3.8) is 0 Å². The van der Waals surface area contributed by atoms with E-state index in [0.717, 1.165) is 32.1 Å². The van der Waals surface area contributed by atoms with Gasteiger partial charge in [0, 0.05) is 25.3 Å². The summed E-state index contributed by atoms with van der Waals surface area (Å²) in [6, 6.07) is 2.95. The van der Waals surface area contributed by atoms with Crippen LogP contribution in [0.5, 0.6) is 0 Å². The van der Waals surface area contributed by atoms with E-state index in [-0.39, 0.29) is 0 Å². The maximum absolute atomic E-state index is 5.44. The molecule has 1 aromatic heterocycles. The van der Waals surface area contributed by atoms with Gasteiger partial charge in [-0.2, -0.15) is 0 Å². The quantitative estimate of drug-likeness (QED) is 0.835. The molecule has 4 heteroatoms. The van der Waals surface area contributed by atoms with Crippen LogP contribution in [0.4, 0.5) is 5.82 Å². The lowest BCUT2D eigenvalue weighted by Crippen LogP contribution is -2.37. The topological polar surface area (TPSA) is 28.6 Å². The van der Waals surface area contributed by atoms with Gasteiger partial charge in [0.15, 0.2) is 0 Å². The molecule has 0 N–H and O–H groups in total. The Kier molecular flexibility index (Phi) is 5.32. The zero-order valence-corrected chi connectivity index (χ0v) is 14.1. The van der Waals surface area contributed by atoms with E-state index >= 15 is 0 Å². The lowest BCUT2D eigenvalue weighted by molar-refractivity contribution is 0.122. The fraction of sp³-hybridized carbons (Fsp3) is 0.722.